The number of hydrogen-bond donors (Lipinski definition) is 1. The third-order valence-electron chi connectivity index (χ3n) is 4.47. The van der Waals surface area contributed by atoms with Gasteiger partial charge in [-0.2, -0.15) is 5.10 Å². The van der Waals surface area contributed by atoms with E-state index >= 15 is 0 Å². The van der Waals surface area contributed by atoms with Crippen molar-refractivity contribution in [1.29, 1.82) is 0 Å². The highest BCUT2D eigenvalue weighted by atomic mass is 16.5. The first-order chi connectivity index (χ1) is 13.8. The summed E-state index contributed by atoms with van der Waals surface area (Å²) in [5.41, 5.74) is 2.22. The summed E-state index contributed by atoms with van der Waals surface area (Å²) in [6.07, 6.45) is -0.957. The van der Waals surface area contributed by atoms with Crippen molar-refractivity contribution in [2.45, 2.75) is 26.9 Å². The van der Waals surface area contributed by atoms with Gasteiger partial charge in [-0.3, -0.25) is 9.48 Å². The van der Waals surface area contributed by atoms with Gasteiger partial charge in [0.15, 0.2) is 6.10 Å². The molecule has 2 aromatic carbocycles. The van der Waals surface area contributed by atoms with Gasteiger partial charge in [0.1, 0.15) is 17.1 Å². The van der Waals surface area contributed by atoms with Gasteiger partial charge in [-0.05, 0) is 57.2 Å². The molecule has 0 saturated heterocycles. The van der Waals surface area contributed by atoms with Gasteiger partial charge in [0.05, 0.1) is 5.69 Å². The van der Waals surface area contributed by atoms with Crippen LogP contribution in [0, 0.1) is 13.8 Å². The van der Waals surface area contributed by atoms with Gasteiger partial charge in [-0.1, -0.05) is 18.2 Å². The predicted molar refractivity (Wildman–Crippen MR) is 109 cm³/mol. The monoisotopic (exact) mass is 393 g/mol. The minimum atomic E-state index is -0.957. The molecule has 0 radical (unpaired) electrons. The molecular weight excluding hydrogens is 370 g/mol. The zero-order valence-electron chi connectivity index (χ0n) is 16.8. The first-order valence-corrected chi connectivity index (χ1v) is 9.20. The summed E-state index contributed by atoms with van der Waals surface area (Å²) >= 11 is 0. The Morgan fingerprint density at radius 1 is 1.00 bits per heavy atom. The topological polar surface area (TPSA) is 82.5 Å². The number of esters is 1. The Bertz CT molecular complexity index is 1010. The quantitative estimate of drug-likeness (QED) is 0.640. The summed E-state index contributed by atoms with van der Waals surface area (Å²) in [5, 5.41) is 6.92. The third-order valence-corrected chi connectivity index (χ3v) is 4.47. The molecule has 1 aromatic heterocycles. The molecule has 0 aliphatic carbocycles. The summed E-state index contributed by atoms with van der Waals surface area (Å²) < 4.78 is 12.6. The lowest BCUT2D eigenvalue weighted by atomic mass is 10.2. The fourth-order valence-corrected chi connectivity index (χ4v) is 2.82. The second kappa shape index (κ2) is 8.60. The Balaban J connectivity index is 1.58. The van der Waals surface area contributed by atoms with Gasteiger partial charge in [-0.25, -0.2) is 4.79 Å². The molecule has 7 nitrogen and oxygen atoms in total. The average Bonchev–Trinajstić information content (AvgIpc) is 2.95. The number of hydrogen-bond acceptors (Lipinski definition) is 5. The van der Waals surface area contributed by atoms with E-state index in [0.29, 0.717) is 28.4 Å². The second-order valence-corrected chi connectivity index (χ2v) is 6.65. The zero-order chi connectivity index (χ0) is 21.0. The molecule has 0 aliphatic heterocycles. The first-order valence-electron chi connectivity index (χ1n) is 9.20. The molecule has 1 N–H and O–H groups in total. The standard InChI is InChI=1S/C22H23N3O4/c1-14-20(15(2)25(4)24-14)22(27)28-16(3)21(26)23-17-10-12-19(13-11-17)29-18-8-6-5-7-9-18/h5-13,16H,1-4H3,(H,23,26). The number of carbonyl (C=O) groups is 2. The number of ether oxygens (including phenoxy) is 2. The molecule has 0 fully saturated rings. The number of nitrogens with zero attached hydrogens (tertiary/aromatic N) is 2. The lowest BCUT2D eigenvalue weighted by Crippen LogP contribution is -2.30. The van der Waals surface area contributed by atoms with Crippen molar-refractivity contribution in [3.05, 3.63) is 71.5 Å². The Kier molecular flexibility index (Phi) is 5.97. The average molecular weight is 393 g/mol. The maximum atomic E-state index is 12.4. The number of aryl methyl sites for hydroxylation is 2. The fourth-order valence-electron chi connectivity index (χ4n) is 2.82. The second-order valence-electron chi connectivity index (χ2n) is 6.65. The molecule has 1 unspecified atom stereocenters. The van der Waals surface area contributed by atoms with E-state index < -0.39 is 18.0 Å². The molecule has 1 heterocycles. The molecule has 0 bridgehead atoms. The van der Waals surface area contributed by atoms with Crippen molar-refractivity contribution < 1.29 is 19.1 Å². The molecule has 3 aromatic rings. The van der Waals surface area contributed by atoms with E-state index in [4.69, 9.17) is 9.47 Å². The molecule has 0 spiro atoms. The molecule has 7 heteroatoms. The Hall–Kier alpha value is -3.61. The number of para-hydroxylation sites is 1. The largest absolute Gasteiger partial charge is 0.457 e. The highest BCUT2D eigenvalue weighted by Crippen LogP contribution is 2.23. The van der Waals surface area contributed by atoms with Crippen molar-refractivity contribution >= 4 is 17.6 Å². The fraction of sp³-hybridized carbons (Fsp3) is 0.227. The van der Waals surface area contributed by atoms with Crippen molar-refractivity contribution in [2.24, 2.45) is 7.05 Å². The van der Waals surface area contributed by atoms with Gasteiger partial charge < -0.3 is 14.8 Å². The minimum absolute atomic E-state index is 0.384. The summed E-state index contributed by atoms with van der Waals surface area (Å²) in [6, 6.07) is 16.4. The highest BCUT2D eigenvalue weighted by Gasteiger charge is 2.24. The van der Waals surface area contributed by atoms with Gasteiger partial charge in [-0.15, -0.1) is 0 Å². The summed E-state index contributed by atoms with van der Waals surface area (Å²) in [5.74, 6) is 0.388. The van der Waals surface area contributed by atoms with Crippen molar-refractivity contribution in [1.82, 2.24) is 9.78 Å². The van der Waals surface area contributed by atoms with Crippen LogP contribution < -0.4 is 10.1 Å². The molecule has 150 valence electrons. The number of nitrogens with one attached hydrogen (secondary N) is 1. The molecule has 3 rings (SSSR count). The lowest BCUT2D eigenvalue weighted by molar-refractivity contribution is -0.123. The first kappa shape index (κ1) is 20.1. The van der Waals surface area contributed by atoms with Crippen molar-refractivity contribution in [3.8, 4) is 11.5 Å². The summed E-state index contributed by atoms with van der Waals surface area (Å²) in [7, 11) is 1.75. The molecular formula is C22H23N3O4. The van der Waals surface area contributed by atoms with E-state index in [1.54, 1.807) is 49.8 Å². The zero-order valence-corrected chi connectivity index (χ0v) is 16.8. The lowest BCUT2D eigenvalue weighted by Gasteiger charge is -2.14. The molecule has 29 heavy (non-hydrogen) atoms. The van der Waals surface area contributed by atoms with Crippen LogP contribution in [0.5, 0.6) is 11.5 Å². The normalized spacial score (nSPS) is 11.6. The van der Waals surface area contributed by atoms with E-state index in [2.05, 4.69) is 10.4 Å². The van der Waals surface area contributed by atoms with E-state index in [-0.39, 0.29) is 0 Å². The Morgan fingerprint density at radius 3 is 2.21 bits per heavy atom. The smallest absolute Gasteiger partial charge is 0.342 e. The predicted octanol–water partition coefficient (Wildman–Crippen LogP) is 4.01. The van der Waals surface area contributed by atoms with Crippen molar-refractivity contribution in [3.63, 3.8) is 0 Å². The van der Waals surface area contributed by atoms with Crippen LogP contribution in [0.1, 0.15) is 28.7 Å². The number of benzene rings is 2. The van der Waals surface area contributed by atoms with Gasteiger partial charge in [0.2, 0.25) is 0 Å². The van der Waals surface area contributed by atoms with E-state index in [9.17, 15) is 9.59 Å². The molecule has 1 amide bonds. The minimum Gasteiger partial charge on any atom is -0.457 e. The SMILES string of the molecule is Cc1nn(C)c(C)c1C(=O)OC(C)C(=O)Nc1ccc(Oc2ccccc2)cc1. The van der Waals surface area contributed by atoms with Gasteiger partial charge >= 0.3 is 5.97 Å². The van der Waals surface area contributed by atoms with Crippen molar-refractivity contribution in [2.75, 3.05) is 5.32 Å². The van der Waals surface area contributed by atoms with Crippen LogP contribution >= 0.6 is 0 Å². The van der Waals surface area contributed by atoms with Crippen LogP contribution in [0.3, 0.4) is 0 Å². The van der Waals surface area contributed by atoms with Crippen LogP contribution in [-0.4, -0.2) is 27.8 Å². The Morgan fingerprint density at radius 2 is 1.62 bits per heavy atom. The summed E-state index contributed by atoms with van der Waals surface area (Å²) in [4.78, 5) is 24.8. The maximum Gasteiger partial charge on any atom is 0.342 e. The van der Waals surface area contributed by atoms with Crippen LogP contribution in [0.25, 0.3) is 0 Å². The van der Waals surface area contributed by atoms with Crippen LogP contribution in [0.15, 0.2) is 54.6 Å². The van der Waals surface area contributed by atoms with Crippen LogP contribution in [-0.2, 0) is 16.6 Å². The van der Waals surface area contributed by atoms with E-state index in [0.717, 1.165) is 5.75 Å². The van der Waals surface area contributed by atoms with Gasteiger partial charge in [0, 0.05) is 18.4 Å². The summed E-state index contributed by atoms with van der Waals surface area (Å²) in [6.45, 7) is 5.04. The third kappa shape index (κ3) is 4.82. The van der Waals surface area contributed by atoms with E-state index in [1.165, 1.54) is 6.92 Å². The number of rotatable bonds is 6. The number of anilines is 1. The highest BCUT2D eigenvalue weighted by molar-refractivity contribution is 5.98. The Labute approximate surface area is 169 Å². The van der Waals surface area contributed by atoms with Crippen LogP contribution in [0.2, 0.25) is 0 Å². The number of amides is 1. The number of carbonyl (C=O) groups excluding carboxylic acids is 2. The molecule has 0 saturated carbocycles. The maximum absolute atomic E-state index is 12.4. The molecule has 1 atom stereocenters. The van der Waals surface area contributed by atoms with Gasteiger partial charge in [0.25, 0.3) is 5.91 Å². The molecule has 0 aliphatic rings. The number of aromatic nitrogens is 2. The van der Waals surface area contributed by atoms with Crippen LogP contribution in [0.4, 0.5) is 5.69 Å². The van der Waals surface area contributed by atoms with E-state index in [1.807, 2.05) is 30.3 Å².